The van der Waals surface area contributed by atoms with E-state index in [1.807, 2.05) is 0 Å². The lowest BCUT2D eigenvalue weighted by Crippen LogP contribution is -2.32. The topological polar surface area (TPSA) is 118 Å². The number of amides is 3. The Kier molecular flexibility index (Phi) is 10.3. The number of ether oxygens (including phenoxy) is 2. The molecule has 0 aliphatic rings. The van der Waals surface area contributed by atoms with Gasteiger partial charge < -0.3 is 20.1 Å². The molecule has 9 nitrogen and oxygen atoms in total. The normalized spacial score (nSPS) is 11.0. The van der Waals surface area contributed by atoms with Gasteiger partial charge in [-0.25, -0.2) is 5.43 Å². The third-order valence-corrected chi connectivity index (χ3v) is 5.15. The molecule has 0 fully saturated rings. The molecule has 3 aromatic carbocycles. The van der Waals surface area contributed by atoms with Crippen LogP contribution in [0.25, 0.3) is 0 Å². The molecule has 0 aromatic heterocycles. The van der Waals surface area contributed by atoms with E-state index < -0.39 is 36.1 Å². The Bertz CT molecular complexity index is 1410. The van der Waals surface area contributed by atoms with Crippen LogP contribution in [-0.4, -0.2) is 37.1 Å². The van der Waals surface area contributed by atoms with Gasteiger partial charge in [0.15, 0.2) is 6.61 Å². The van der Waals surface area contributed by atoms with E-state index >= 15 is 0 Å². The average Bonchev–Trinajstić information content (AvgIpc) is 2.91. The molecule has 0 unspecified atom stereocenters. The van der Waals surface area contributed by atoms with Crippen LogP contribution in [0.1, 0.15) is 11.1 Å². The number of anilines is 2. The van der Waals surface area contributed by atoms with Crippen molar-refractivity contribution in [3.8, 4) is 11.5 Å². The summed E-state index contributed by atoms with van der Waals surface area (Å²) < 4.78 is 49.1. The quantitative estimate of drug-likeness (QED) is 0.136. The molecule has 40 heavy (non-hydrogen) atoms. The van der Waals surface area contributed by atoms with Gasteiger partial charge in [-0.2, -0.15) is 18.3 Å². The number of hydrazone groups is 1. The van der Waals surface area contributed by atoms with E-state index in [1.54, 1.807) is 30.3 Å². The molecule has 0 radical (unpaired) electrons. The molecule has 0 aliphatic heterocycles. The first kappa shape index (κ1) is 29.7. The van der Waals surface area contributed by atoms with Gasteiger partial charge in [-0.15, -0.1) is 0 Å². The smallest absolute Gasteiger partial charge is 0.416 e. The number of carbonyl (C=O) groups is 3. The summed E-state index contributed by atoms with van der Waals surface area (Å²) in [7, 11) is 0. The van der Waals surface area contributed by atoms with Crippen molar-refractivity contribution in [2.24, 2.45) is 5.10 Å². The number of rotatable bonds is 10. The standard InChI is InChI=1S/C27H22ClF3N4O5/c1-2-12-39-21-9-7-19(8-10-21)34-25(37)26(38)35-32-15-17-6-11-23(22(28)13-17)40-16-24(36)33-20-5-3-4-18(14-20)27(29,30)31/h2-11,13-15H,1,12,16H2,(H,33,36)(H,34,37)(H,35,38)/b32-15-. The fraction of sp³-hybridized carbons (Fsp3) is 0.111. The van der Waals surface area contributed by atoms with E-state index in [9.17, 15) is 27.6 Å². The fourth-order valence-electron chi connectivity index (χ4n) is 3.02. The summed E-state index contributed by atoms with van der Waals surface area (Å²) in [6.45, 7) is 3.36. The van der Waals surface area contributed by atoms with Crippen LogP contribution in [0.2, 0.25) is 5.02 Å². The Labute approximate surface area is 231 Å². The van der Waals surface area contributed by atoms with Crippen molar-refractivity contribution < 1.29 is 37.0 Å². The van der Waals surface area contributed by atoms with E-state index in [4.69, 9.17) is 21.1 Å². The molecule has 0 atom stereocenters. The zero-order valence-electron chi connectivity index (χ0n) is 20.6. The van der Waals surface area contributed by atoms with Gasteiger partial charge in [0.1, 0.15) is 18.1 Å². The third kappa shape index (κ3) is 9.17. The van der Waals surface area contributed by atoms with Gasteiger partial charge in [-0.1, -0.05) is 30.3 Å². The maximum Gasteiger partial charge on any atom is 0.416 e. The first-order valence-electron chi connectivity index (χ1n) is 11.4. The van der Waals surface area contributed by atoms with E-state index in [-0.39, 0.29) is 16.5 Å². The van der Waals surface area contributed by atoms with Gasteiger partial charge in [0.05, 0.1) is 16.8 Å². The molecule has 3 amide bonds. The summed E-state index contributed by atoms with van der Waals surface area (Å²) in [4.78, 5) is 36.1. The van der Waals surface area contributed by atoms with Crippen molar-refractivity contribution in [3.05, 3.63) is 95.5 Å². The molecule has 0 saturated heterocycles. The molecule has 3 rings (SSSR count). The highest BCUT2D eigenvalue weighted by Gasteiger charge is 2.30. The van der Waals surface area contributed by atoms with Crippen LogP contribution in [0, 0.1) is 0 Å². The predicted octanol–water partition coefficient (Wildman–Crippen LogP) is 5.03. The molecule has 0 spiro atoms. The molecule has 0 bridgehead atoms. The van der Waals surface area contributed by atoms with E-state index in [1.165, 1.54) is 36.5 Å². The van der Waals surface area contributed by atoms with Crippen molar-refractivity contribution >= 4 is 46.9 Å². The molecule has 3 N–H and O–H groups in total. The minimum absolute atomic E-state index is 0.0384. The Morgan fingerprint density at radius 2 is 1.68 bits per heavy atom. The second-order valence-electron chi connectivity index (χ2n) is 7.88. The minimum atomic E-state index is -4.54. The number of halogens is 4. The molecule has 13 heteroatoms. The lowest BCUT2D eigenvalue weighted by atomic mass is 10.2. The van der Waals surface area contributed by atoms with E-state index in [2.05, 4.69) is 27.7 Å². The number of nitrogens with one attached hydrogen (secondary N) is 3. The van der Waals surface area contributed by atoms with Gasteiger partial charge >= 0.3 is 18.0 Å². The third-order valence-electron chi connectivity index (χ3n) is 4.85. The summed E-state index contributed by atoms with van der Waals surface area (Å²) in [5.74, 6) is -1.95. The number of alkyl halides is 3. The van der Waals surface area contributed by atoms with E-state index in [0.717, 1.165) is 12.1 Å². The SMILES string of the molecule is C=CCOc1ccc(NC(=O)C(=O)N/N=C\c2ccc(OCC(=O)Nc3cccc(C(F)(F)F)c3)c(Cl)c2)cc1. The summed E-state index contributed by atoms with van der Waals surface area (Å²) >= 11 is 6.16. The number of nitrogens with zero attached hydrogens (tertiary/aromatic N) is 1. The molecule has 208 valence electrons. The number of hydrogen-bond donors (Lipinski definition) is 3. The lowest BCUT2D eigenvalue weighted by Gasteiger charge is -2.11. The Balaban J connectivity index is 1.47. The lowest BCUT2D eigenvalue weighted by molar-refractivity contribution is -0.137. The van der Waals surface area contributed by atoms with Crippen LogP contribution in [0.4, 0.5) is 24.5 Å². The predicted molar refractivity (Wildman–Crippen MR) is 144 cm³/mol. The van der Waals surface area contributed by atoms with Crippen LogP contribution < -0.4 is 25.5 Å². The summed E-state index contributed by atoms with van der Waals surface area (Å²) in [6.07, 6.45) is -1.72. The largest absolute Gasteiger partial charge is 0.490 e. The monoisotopic (exact) mass is 574 g/mol. The number of benzene rings is 3. The first-order chi connectivity index (χ1) is 19.0. The van der Waals surface area contributed by atoms with Crippen molar-refractivity contribution in [2.45, 2.75) is 6.18 Å². The molecule has 0 heterocycles. The number of carbonyl (C=O) groups excluding carboxylic acids is 3. The number of hydrogen-bond acceptors (Lipinski definition) is 6. The van der Waals surface area contributed by atoms with Gasteiger partial charge in [0.2, 0.25) is 0 Å². The van der Waals surface area contributed by atoms with Crippen LogP contribution in [0.5, 0.6) is 11.5 Å². The summed E-state index contributed by atoms with van der Waals surface area (Å²) in [5.41, 5.74) is 1.96. The maximum atomic E-state index is 12.8. The van der Waals surface area contributed by atoms with Crippen molar-refractivity contribution in [2.75, 3.05) is 23.8 Å². The Morgan fingerprint density at radius 3 is 2.35 bits per heavy atom. The van der Waals surface area contributed by atoms with E-state index in [0.29, 0.717) is 23.6 Å². The van der Waals surface area contributed by atoms with Gasteiger partial charge in [0.25, 0.3) is 5.91 Å². The zero-order valence-corrected chi connectivity index (χ0v) is 21.4. The second kappa shape index (κ2) is 13.8. The maximum absolute atomic E-state index is 12.8. The Morgan fingerprint density at radius 1 is 0.925 bits per heavy atom. The van der Waals surface area contributed by atoms with Gasteiger partial charge in [-0.3, -0.25) is 14.4 Å². The summed E-state index contributed by atoms with van der Waals surface area (Å²) in [6, 6.07) is 14.9. The highest BCUT2D eigenvalue weighted by molar-refractivity contribution is 6.39. The van der Waals surface area contributed by atoms with Crippen molar-refractivity contribution in [3.63, 3.8) is 0 Å². The van der Waals surface area contributed by atoms with Gasteiger partial charge in [0, 0.05) is 11.4 Å². The molecular formula is C27H22ClF3N4O5. The van der Waals surface area contributed by atoms with Crippen LogP contribution in [-0.2, 0) is 20.6 Å². The van der Waals surface area contributed by atoms with Crippen molar-refractivity contribution in [1.29, 1.82) is 0 Å². The highest BCUT2D eigenvalue weighted by Crippen LogP contribution is 2.30. The molecule has 0 saturated carbocycles. The molecule has 0 aliphatic carbocycles. The molecular weight excluding hydrogens is 553 g/mol. The van der Waals surface area contributed by atoms with Crippen LogP contribution >= 0.6 is 11.6 Å². The summed E-state index contributed by atoms with van der Waals surface area (Å²) in [5, 5.41) is 8.54. The van der Waals surface area contributed by atoms with Crippen molar-refractivity contribution in [1.82, 2.24) is 5.43 Å². The first-order valence-corrected chi connectivity index (χ1v) is 11.8. The molecule has 3 aromatic rings. The highest BCUT2D eigenvalue weighted by atomic mass is 35.5. The average molecular weight is 575 g/mol. The fourth-order valence-corrected chi connectivity index (χ4v) is 3.27. The Hall–Kier alpha value is -4.84. The zero-order chi connectivity index (χ0) is 29.1. The minimum Gasteiger partial charge on any atom is -0.490 e. The second-order valence-corrected chi connectivity index (χ2v) is 8.29. The van der Waals surface area contributed by atoms with Crippen LogP contribution in [0.15, 0.2) is 84.5 Å². The van der Waals surface area contributed by atoms with Crippen LogP contribution in [0.3, 0.4) is 0 Å². The van der Waals surface area contributed by atoms with Gasteiger partial charge in [-0.05, 0) is 66.2 Å².